The van der Waals surface area contributed by atoms with Crippen LogP contribution >= 0.6 is 0 Å². The fraction of sp³-hybridized carbons (Fsp3) is 0.231. The van der Waals surface area contributed by atoms with Gasteiger partial charge < -0.3 is 10.1 Å². The number of aromatic nitrogens is 6. The molecular weight excluding hydrogens is 524 g/mol. The summed E-state index contributed by atoms with van der Waals surface area (Å²) in [6.45, 7) is 1.37. The molecule has 12 nitrogen and oxygen atoms in total. The molecule has 0 radical (unpaired) electrons. The third-order valence-electron chi connectivity index (χ3n) is 6.35. The molecule has 0 saturated heterocycles. The van der Waals surface area contributed by atoms with Crippen molar-refractivity contribution in [2.75, 3.05) is 10.6 Å². The molecule has 4 aromatic rings. The van der Waals surface area contributed by atoms with Crippen LogP contribution in [0.5, 0.6) is 0 Å². The van der Waals surface area contributed by atoms with Gasteiger partial charge in [0, 0.05) is 13.2 Å². The minimum absolute atomic E-state index is 0.135. The summed E-state index contributed by atoms with van der Waals surface area (Å²) in [5, 5.41) is 22.4. The van der Waals surface area contributed by atoms with E-state index in [2.05, 4.69) is 42.0 Å². The van der Waals surface area contributed by atoms with E-state index in [9.17, 15) is 23.6 Å². The molecule has 0 aliphatic heterocycles. The SMILES string of the molecule is C[C@@H](OC(=O)Nc1c(-c2ccc(NC(=O)c3ccc(C4(C#N)CC4)nc3)cn2)nnn1C)c1cc(F)cnc1F. The Morgan fingerprint density at radius 3 is 2.55 bits per heavy atom. The number of carbonyl (C=O) groups excluding carboxylic acids is 2. The molecule has 40 heavy (non-hydrogen) atoms. The molecule has 0 aromatic carbocycles. The number of aryl methyl sites for hydroxylation is 1. The van der Waals surface area contributed by atoms with Crippen LogP contribution in [0.1, 0.15) is 47.5 Å². The quantitative estimate of drug-likeness (QED) is 0.326. The van der Waals surface area contributed by atoms with Gasteiger partial charge in [0.15, 0.2) is 11.5 Å². The summed E-state index contributed by atoms with van der Waals surface area (Å²) < 4.78 is 33.8. The smallest absolute Gasteiger partial charge is 0.413 e. The van der Waals surface area contributed by atoms with E-state index in [1.54, 1.807) is 24.3 Å². The zero-order valence-corrected chi connectivity index (χ0v) is 21.2. The standard InChI is InChI=1S/C26H21F2N9O3/c1-14(18-9-16(27)11-32-22(18)28)40-25(39)34-23-21(35-36-37(23)2)19-5-4-17(12-30-19)33-24(38)15-3-6-20(31-10-15)26(13-29)7-8-26/h3-6,9-12,14H,7-8H2,1-2H3,(H,33,38)(H,34,39)/t14-/m1/s1. The minimum atomic E-state index is -1.14. The Morgan fingerprint density at radius 1 is 1.10 bits per heavy atom. The van der Waals surface area contributed by atoms with E-state index in [-0.39, 0.29) is 17.1 Å². The van der Waals surface area contributed by atoms with E-state index < -0.39 is 35.3 Å². The van der Waals surface area contributed by atoms with Crippen LogP contribution in [0.3, 0.4) is 0 Å². The second-order valence-corrected chi connectivity index (χ2v) is 9.13. The Hall–Kier alpha value is -5.32. The molecule has 1 aliphatic rings. The van der Waals surface area contributed by atoms with E-state index in [1.165, 1.54) is 31.0 Å². The van der Waals surface area contributed by atoms with Crippen LogP contribution in [0.15, 0.2) is 48.9 Å². The molecule has 0 bridgehead atoms. The zero-order valence-electron chi connectivity index (χ0n) is 21.2. The average Bonchev–Trinajstić information content (AvgIpc) is 3.68. The lowest BCUT2D eigenvalue weighted by Crippen LogP contribution is -2.19. The monoisotopic (exact) mass is 545 g/mol. The van der Waals surface area contributed by atoms with E-state index >= 15 is 0 Å². The second-order valence-electron chi connectivity index (χ2n) is 9.13. The van der Waals surface area contributed by atoms with Crippen molar-refractivity contribution in [2.45, 2.75) is 31.3 Å². The molecule has 202 valence electrons. The van der Waals surface area contributed by atoms with E-state index in [0.717, 1.165) is 25.1 Å². The lowest BCUT2D eigenvalue weighted by atomic mass is 10.0. The Bertz CT molecular complexity index is 1630. The predicted molar refractivity (Wildman–Crippen MR) is 136 cm³/mol. The Labute approximate surface area is 226 Å². The van der Waals surface area contributed by atoms with Crippen LogP contribution in [-0.2, 0) is 17.2 Å². The van der Waals surface area contributed by atoms with Crippen molar-refractivity contribution in [1.29, 1.82) is 5.26 Å². The van der Waals surface area contributed by atoms with Gasteiger partial charge in [-0.15, -0.1) is 5.10 Å². The van der Waals surface area contributed by atoms with Crippen LogP contribution in [0, 0.1) is 23.1 Å². The van der Waals surface area contributed by atoms with Crippen LogP contribution in [-0.4, -0.2) is 41.9 Å². The molecule has 1 atom stereocenters. The summed E-state index contributed by atoms with van der Waals surface area (Å²) in [4.78, 5) is 37.0. The number of ether oxygens (including phenoxy) is 1. The van der Waals surface area contributed by atoms with Crippen molar-refractivity contribution in [3.05, 3.63) is 77.5 Å². The highest BCUT2D eigenvalue weighted by Crippen LogP contribution is 2.46. The van der Waals surface area contributed by atoms with Gasteiger partial charge in [-0.1, -0.05) is 5.21 Å². The number of nitrogens with one attached hydrogen (secondary N) is 2. The van der Waals surface area contributed by atoms with Crippen molar-refractivity contribution in [1.82, 2.24) is 29.9 Å². The van der Waals surface area contributed by atoms with Crippen LogP contribution in [0.25, 0.3) is 11.4 Å². The first-order valence-electron chi connectivity index (χ1n) is 12.0. The maximum Gasteiger partial charge on any atom is 0.413 e. The van der Waals surface area contributed by atoms with E-state index in [0.29, 0.717) is 22.6 Å². The van der Waals surface area contributed by atoms with Crippen LogP contribution in [0.4, 0.5) is 25.1 Å². The summed E-state index contributed by atoms with van der Waals surface area (Å²) in [6.07, 6.45) is 2.97. The molecule has 1 fully saturated rings. The van der Waals surface area contributed by atoms with Gasteiger partial charge in [0.05, 0.1) is 52.1 Å². The van der Waals surface area contributed by atoms with Crippen molar-refractivity contribution < 1.29 is 23.1 Å². The van der Waals surface area contributed by atoms with Crippen molar-refractivity contribution in [2.24, 2.45) is 7.05 Å². The maximum absolute atomic E-state index is 13.9. The summed E-state index contributed by atoms with van der Waals surface area (Å²) in [7, 11) is 1.53. The Balaban J connectivity index is 1.24. The van der Waals surface area contributed by atoms with Gasteiger partial charge in [-0.2, -0.15) is 9.65 Å². The molecule has 4 heterocycles. The highest BCUT2D eigenvalue weighted by molar-refractivity contribution is 6.04. The number of rotatable bonds is 7. The fourth-order valence-corrected chi connectivity index (χ4v) is 3.92. The molecule has 5 rings (SSSR count). The van der Waals surface area contributed by atoms with Crippen molar-refractivity contribution in [3.63, 3.8) is 0 Å². The van der Waals surface area contributed by atoms with Crippen LogP contribution < -0.4 is 10.6 Å². The van der Waals surface area contributed by atoms with Gasteiger partial charge in [0.2, 0.25) is 5.95 Å². The number of hydrogen-bond donors (Lipinski definition) is 2. The summed E-state index contributed by atoms with van der Waals surface area (Å²) in [6, 6.07) is 9.63. The molecule has 1 aliphatic carbocycles. The van der Waals surface area contributed by atoms with E-state index in [4.69, 9.17) is 4.74 Å². The topological polar surface area (TPSA) is 161 Å². The molecule has 1 saturated carbocycles. The van der Waals surface area contributed by atoms with Gasteiger partial charge in [-0.25, -0.2) is 18.9 Å². The Morgan fingerprint density at radius 2 is 1.90 bits per heavy atom. The van der Waals surface area contributed by atoms with Crippen molar-refractivity contribution in [3.8, 4) is 17.5 Å². The van der Waals surface area contributed by atoms with E-state index in [1.807, 2.05) is 0 Å². The third kappa shape index (κ3) is 5.30. The molecule has 0 spiro atoms. The largest absolute Gasteiger partial charge is 0.441 e. The minimum Gasteiger partial charge on any atom is -0.441 e. The Kier molecular flexibility index (Phi) is 6.87. The van der Waals surface area contributed by atoms with Crippen molar-refractivity contribution >= 4 is 23.5 Å². The van der Waals surface area contributed by atoms with Gasteiger partial charge in [0.25, 0.3) is 5.91 Å². The first-order valence-corrected chi connectivity index (χ1v) is 12.0. The summed E-state index contributed by atoms with van der Waals surface area (Å²) >= 11 is 0. The van der Waals surface area contributed by atoms with Crippen LogP contribution in [0.2, 0.25) is 0 Å². The number of amides is 2. The lowest BCUT2D eigenvalue weighted by molar-refractivity contribution is 0.102. The molecule has 14 heteroatoms. The fourth-order valence-electron chi connectivity index (χ4n) is 3.92. The molecule has 0 unspecified atom stereocenters. The van der Waals surface area contributed by atoms with Gasteiger partial charge in [0.1, 0.15) is 11.9 Å². The number of carbonyl (C=O) groups is 2. The van der Waals surface area contributed by atoms with Gasteiger partial charge >= 0.3 is 6.09 Å². The normalized spacial score (nSPS) is 14.1. The maximum atomic E-state index is 13.9. The number of nitriles is 1. The third-order valence-corrected chi connectivity index (χ3v) is 6.35. The first-order chi connectivity index (χ1) is 19.2. The number of halogens is 2. The number of nitrogens with zero attached hydrogens (tertiary/aromatic N) is 7. The number of pyridine rings is 3. The van der Waals surface area contributed by atoms with Gasteiger partial charge in [-0.05, 0) is 50.1 Å². The highest BCUT2D eigenvalue weighted by Gasteiger charge is 2.46. The predicted octanol–water partition coefficient (Wildman–Crippen LogP) is 4.06. The summed E-state index contributed by atoms with van der Waals surface area (Å²) in [5.74, 6) is -2.00. The second kappa shape index (κ2) is 10.4. The number of hydrogen-bond acceptors (Lipinski definition) is 9. The van der Waals surface area contributed by atoms with Gasteiger partial charge in [-0.3, -0.25) is 20.1 Å². The number of anilines is 2. The first kappa shape index (κ1) is 26.3. The molecular formula is C26H21F2N9O3. The molecule has 4 aromatic heterocycles. The molecule has 2 N–H and O–H groups in total. The zero-order chi connectivity index (χ0) is 28.4. The lowest BCUT2D eigenvalue weighted by Gasteiger charge is -2.15. The average molecular weight is 546 g/mol. The summed E-state index contributed by atoms with van der Waals surface area (Å²) in [5.41, 5.74) is 1.14. The highest BCUT2D eigenvalue weighted by atomic mass is 19.1. The molecule has 2 amide bonds.